The zero-order valence-electron chi connectivity index (χ0n) is 78.5. The van der Waals surface area contributed by atoms with Crippen molar-refractivity contribution < 1.29 is 41.4 Å². The Hall–Kier alpha value is -16.3. The number of ether oxygens (including phenoxy) is 2. The van der Waals surface area contributed by atoms with Crippen LogP contribution in [0.1, 0.15) is 157 Å². The van der Waals surface area contributed by atoms with Gasteiger partial charge in [0.05, 0.1) is 99.6 Å². The summed E-state index contributed by atoms with van der Waals surface area (Å²) in [7, 11) is 1.55. The van der Waals surface area contributed by atoms with Gasteiger partial charge in [-0.25, -0.2) is 77.4 Å². The van der Waals surface area contributed by atoms with E-state index in [1.807, 2.05) is 85.8 Å². The van der Waals surface area contributed by atoms with Crippen LogP contribution in [0.2, 0.25) is 0 Å². The number of imidazole rings is 4. The molecule has 4 unspecified atom stereocenters. The molecular formula is C107H107F4N25O5. The average molecular weight is 1900 g/mol. The van der Waals surface area contributed by atoms with E-state index in [0.717, 1.165) is 204 Å². The van der Waals surface area contributed by atoms with Crippen LogP contribution in [0.4, 0.5) is 41.4 Å². The minimum Gasteiger partial charge on any atom is -0.480 e. The standard InChI is InChI=1S/C28H29FN6O.C27H27FN6O.C26H26FN7O2.C26H25FN6O/c1-2-3-16-30-28-31-17-15-23(33-28)26-25(19-9-11-21(29)12-10-19)34-24-14-13-22(35(24)26)18-32-27(36)20-7-5-4-6-8-20;1-2-15-29-27-30-16-14-22(32-27)25-24(18-8-10-20(28)11-9-18)33-23-13-12-21(34(23)25)17-31-26(35)19-6-4-3-5-7-19;1-35-22-10-11-23(33-32-22)36-15-19-8-9-21-31-24(17-4-6-18(27)7-5-17)25(34(19)21)20-12-13-28-26(30-20)29-14-16-2-3-16;1-2-28-26-29-15-14-21(31-26)24-23(17-8-10-19(27)11-9-17)32-22-13-12-20(33(22)24)16-30-25(34)18-6-4-3-5-7-18/h4-12,15,17,22H,2-3,13-14,16,18H2,1H3,(H,32,36)(H,30,31,33);3-11,14,16,21H,2,12-13,15,17H2,1H3,(H,31,35)(H,29,30,32);4-7,10-13,16,19H,2-3,8-9,14-15H2,1H3,(H,28,29,30);3-11,14-15,20H,2,12-13,16H2,1H3,(H,30,34)(H,28,29,31). The Bertz CT molecular complexity index is 6970. The van der Waals surface area contributed by atoms with Crippen LogP contribution in [-0.2, 0) is 25.7 Å². The number of carbonyl (C=O) groups is 3. The number of amides is 3. The van der Waals surface area contributed by atoms with Gasteiger partial charge in [0.15, 0.2) is 0 Å². The van der Waals surface area contributed by atoms with Gasteiger partial charge in [-0.05, 0) is 222 Å². The van der Waals surface area contributed by atoms with E-state index in [4.69, 9.17) is 49.3 Å². The van der Waals surface area contributed by atoms with Crippen LogP contribution in [0.25, 0.3) is 90.6 Å². The first-order valence-electron chi connectivity index (χ1n) is 47.9. The Kier molecular flexibility index (Phi) is 30.3. The maximum absolute atomic E-state index is 13.7. The average Bonchev–Trinajstić information content (AvgIpc) is 1.61. The number of carbonyl (C=O) groups excluding carboxylic acids is 3. The summed E-state index contributed by atoms with van der Waals surface area (Å²) >= 11 is 0. The molecule has 1 saturated carbocycles. The fourth-order valence-corrected chi connectivity index (χ4v) is 17.9. The van der Waals surface area contributed by atoms with E-state index in [9.17, 15) is 31.9 Å². The van der Waals surface area contributed by atoms with Crippen molar-refractivity contribution >= 4 is 41.5 Å². The highest BCUT2D eigenvalue weighted by atomic mass is 19.1. The smallest absolute Gasteiger partial charge is 0.251 e. The summed E-state index contributed by atoms with van der Waals surface area (Å²) in [5.74, 6) is 6.07. The van der Waals surface area contributed by atoms with Crippen molar-refractivity contribution in [1.82, 2.24) is 104 Å². The molecule has 4 atom stereocenters. The predicted molar refractivity (Wildman–Crippen MR) is 532 cm³/mol. The Balaban J connectivity index is 0.000000124. The second-order valence-electron chi connectivity index (χ2n) is 34.8. The van der Waals surface area contributed by atoms with Crippen molar-refractivity contribution in [2.75, 3.05) is 80.8 Å². The van der Waals surface area contributed by atoms with Crippen molar-refractivity contribution in [3.05, 3.63) is 312 Å². The number of rotatable bonds is 33. The molecule has 1 fully saturated rings. The summed E-state index contributed by atoms with van der Waals surface area (Å²) in [5.41, 5.74) is 14.6. The van der Waals surface area contributed by atoms with E-state index in [2.05, 4.69) is 99.5 Å². The second-order valence-corrected chi connectivity index (χ2v) is 34.8. The van der Waals surface area contributed by atoms with Crippen LogP contribution in [-0.4, -0.2) is 166 Å². The number of halogens is 4. The zero-order valence-corrected chi connectivity index (χ0v) is 78.5. The Morgan fingerprint density at radius 2 is 0.660 bits per heavy atom. The summed E-state index contributed by atoms with van der Waals surface area (Å²) < 4.78 is 74.4. The molecule has 30 nitrogen and oxygen atoms in total. The molecule has 0 bridgehead atoms. The van der Waals surface area contributed by atoms with Crippen LogP contribution in [0, 0.1) is 29.2 Å². The Morgan fingerprint density at radius 3 is 0.979 bits per heavy atom. The number of hydrogen-bond acceptors (Lipinski definition) is 23. The lowest BCUT2D eigenvalue weighted by atomic mass is 10.1. The van der Waals surface area contributed by atoms with E-state index in [0.29, 0.717) is 90.9 Å². The second kappa shape index (κ2) is 44.9. The van der Waals surface area contributed by atoms with Gasteiger partial charge in [-0.1, -0.05) is 74.9 Å². The van der Waals surface area contributed by atoms with Crippen LogP contribution >= 0.6 is 0 Å². The zero-order chi connectivity index (χ0) is 97.1. The van der Waals surface area contributed by atoms with E-state index >= 15 is 0 Å². The molecule has 1 aliphatic carbocycles. The fourth-order valence-electron chi connectivity index (χ4n) is 17.9. The molecule has 4 aliphatic heterocycles. The van der Waals surface area contributed by atoms with Crippen LogP contribution in [0.15, 0.2) is 249 Å². The minimum atomic E-state index is -0.296. The summed E-state index contributed by atoms with van der Waals surface area (Å²) in [6.45, 7) is 11.2. The highest BCUT2D eigenvalue weighted by Gasteiger charge is 2.37. The van der Waals surface area contributed by atoms with Gasteiger partial charge < -0.3 is 65.0 Å². The van der Waals surface area contributed by atoms with Crippen LogP contribution < -0.4 is 46.7 Å². The van der Waals surface area contributed by atoms with Gasteiger partial charge in [0.2, 0.25) is 35.6 Å². The SMILES string of the molecule is CCCCNc1nccc(-c2c(-c3ccc(F)cc3)nc3n2C(CNC(=O)c2ccccc2)CC3)n1.CCCNc1nccc(-c2c(-c3ccc(F)cc3)nc3n2C(CNC(=O)c2ccccc2)CC3)n1.CCNc1nccc(-c2c(-c3ccc(F)cc3)nc3n2C(CNC(=O)c2ccccc2)CC3)n1.COc1ccc(OCC2CCc3nc(-c4ccc(F)cc4)c(-c4ccnc(NCC5CC5)n4)n32)nn1. The largest absolute Gasteiger partial charge is 0.480 e. The first kappa shape index (κ1) is 95.0. The Morgan fingerprint density at radius 1 is 0.340 bits per heavy atom. The molecule has 5 aliphatic rings. The van der Waals surface area contributed by atoms with Crippen LogP contribution in [0.5, 0.6) is 11.8 Å². The topological polar surface area (TPSA) is 354 Å². The number of fused-ring (bicyclic) bond motifs is 4. The molecule has 3 amide bonds. The molecule has 34 heteroatoms. The number of benzene rings is 7. The third-order valence-electron chi connectivity index (χ3n) is 25.0. The quantitative estimate of drug-likeness (QED) is 0.0148. The fraction of sp³-hybridized carbons (Fsp3) is 0.280. The van der Waals surface area contributed by atoms with Gasteiger partial charge in [0.1, 0.15) is 53.2 Å². The molecule has 141 heavy (non-hydrogen) atoms. The first-order chi connectivity index (χ1) is 69.1. The molecule has 0 radical (unpaired) electrons. The van der Waals surface area contributed by atoms with Gasteiger partial charge in [-0.3, -0.25) is 14.4 Å². The predicted octanol–water partition coefficient (Wildman–Crippen LogP) is 19.0. The number of unbranched alkanes of at least 4 members (excludes halogenated alkanes) is 1. The van der Waals surface area contributed by atoms with Gasteiger partial charge in [-0.15, -0.1) is 10.2 Å². The van der Waals surface area contributed by atoms with Crippen molar-refractivity contribution in [3.63, 3.8) is 0 Å². The summed E-state index contributed by atoms with van der Waals surface area (Å²) in [4.78, 5) is 94.4. The van der Waals surface area contributed by atoms with Gasteiger partial charge >= 0.3 is 0 Å². The lowest BCUT2D eigenvalue weighted by Crippen LogP contribution is -2.29. The molecular weight excluding hydrogens is 1790 g/mol. The van der Waals surface area contributed by atoms with E-state index in [-0.39, 0.29) is 65.2 Å². The number of hydrogen-bond donors (Lipinski definition) is 7. The van der Waals surface area contributed by atoms with Gasteiger partial charge in [0.25, 0.3) is 17.7 Å². The highest BCUT2D eigenvalue weighted by molar-refractivity contribution is 5.95. The van der Waals surface area contributed by atoms with Crippen molar-refractivity contribution in [1.29, 1.82) is 0 Å². The molecule has 7 N–H and O–H groups in total. The number of aryl methyl sites for hydroxylation is 4. The molecule has 9 aromatic heterocycles. The molecule has 0 spiro atoms. The molecule has 21 rings (SSSR count). The molecule has 718 valence electrons. The first-order valence-corrected chi connectivity index (χ1v) is 47.9. The normalized spacial score (nSPS) is 15.0. The minimum absolute atomic E-state index is 0.0239. The molecule has 7 aromatic carbocycles. The number of methoxy groups -OCH3 is 1. The molecule has 13 heterocycles. The maximum Gasteiger partial charge on any atom is 0.251 e. The monoisotopic (exact) mass is 1900 g/mol. The van der Waals surface area contributed by atoms with E-state index < -0.39 is 0 Å². The number of aromatic nitrogens is 18. The van der Waals surface area contributed by atoms with Gasteiger partial charge in [0, 0.05) is 147 Å². The summed E-state index contributed by atoms with van der Waals surface area (Å²) in [6, 6.07) is 64.1. The van der Waals surface area contributed by atoms with E-state index in [1.54, 1.807) is 129 Å². The van der Waals surface area contributed by atoms with Crippen molar-refractivity contribution in [3.8, 4) is 102 Å². The Labute approximate surface area is 812 Å². The van der Waals surface area contributed by atoms with Crippen LogP contribution in [0.3, 0.4) is 0 Å². The lowest BCUT2D eigenvalue weighted by Gasteiger charge is -2.18. The highest BCUT2D eigenvalue weighted by Crippen LogP contribution is 2.45. The lowest BCUT2D eigenvalue weighted by molar-refractivity contribution is 0.0940. The third kappa shape index (κ3) is 22.8. The van der Waals surface area contributed by atoms with Crippen molar-refractivity contribution in [2.45, 2.75) is 128 Å². The van der Waals surface area contributed by atoms with E-state index in [1.165, 1.54) is 61.4 Å². The number of anilines is 4. The van der Waals surface area contributed by atoms with Gasteiger partial charge in [-0.2, -0.15) is 0 Å². The summed E-state index contributed by atoms with van der Waals surface area (Å²) in [6.07, 6.45) is 19.1. The molecule has 0 saturated heterocycles. The third-order valence-corrected chi connectivity index (χ3v) is 25.0. The summed E-state index contributed by atoms with van der Waals surface area (Å²) in [5, 5.41) is 30.3. The molecule has 16 aromatic rings. The number of nitrogens with one attached hydrogen (secondary N) is 7. The number of nitrogens with zero attached hydrogens (tertiary/aromatic N) is 18. The maximum atomic E-state index is 13.7. The van der Waals surface area contributed by atoms with Crippen molar-refractivity contribution in [2.24, 2.45) is 5.92 Å².